The highest BCUT2D eigenvalue weighted by molar-refractivity contribution is 7.47. The van der Waals surface area contributed by atoms with Gasteiger partial charge in [-0.3, -0.25) is 18.6 Å². The quantitative estimate of drug-likeness (QED) is 0.0264. The highest BCUT2D eigenvalue weighted by Gasteiger charge is 2.26. The lowest BCUT2D eigenvalue weighted by atomic mass is 10.0. The molecule has 0 saturated carbocycles. The van der Waals surface area contributed by atoms with Crippen molar-refractivity contribution in [1.29, 1.82) is 0 Å². The fraction of sp³-hybridized carbons (Fsp3) is 0.672. The number of hydrogen-bond donors (Lipinski definition) is 2. The molecule has 2 unspecified atom stereocenters. The minimum absolute atomic E-state index is 0.0413. The van der Waals surface area contributed by atoms with E-state index in [-0.39, 0.29) is 32.6 Å². The first-order valence-electron chi connectivity index (χ1n) is 28.4. The van der Waals surface area contributed by atoms with E-state index in [1.54, 1.807) is 0 Å². The van der Waals surface area contributed by atoms with Gasteiger partial charge in [-0.15, -0.1) is 0 Å². The lowest BCUT2D eigenvalue weighted by Crippen LogP contribution is -2.29. The van der Waals surface area contributed by atoms with Crippen LogP contribution in [0.2, 0.25) is 0 Å². The van der Waals surface area contributed by atoms with Crippen molar-refractivity contribution in [3.05, 3.63) is 109 Å². The first-order chi connectivity index (χ1) is 34.8. The van der Waals surface area contributed by atoms with Crippen molar-refractivity contribution in [1.82, 2.24) is 0 Å². The van der Waals surface area contributed by atoms with Crippen LogP contribution in [0.15, 0.2) is 109 Å². The minimum atomic E-state index is -4.40. The molecule has 0 radical (unpaired) electrons. The van der Waals surface area contributed by atoms with Crippen molar-refractivity contribution < 1.29 is 37.6 Å². The Bertz CT molecular complexity index is 1530. The van der Waals surface area contributed by atoms with Gasteiger partial charge in [0.25, 0.3) is 0 Å². The monoisotopic (exact) mass is 1010 g/mol. The minimum Gasteiger partial charge on any atom is -0.462 e. The fourth-order valence-corrected chi connectivity index (χ4v) is 8.32. The zero-order valence-electron chi connectivity index (χ0n) is 45.2. The van der Waals surface area contributed by atoms with Crippen LogP contribution in [0.25, 0.3) is 0 Å². The van der Waals surface area contributed by atoms with Crippen molar-refractivity contribution in [3.8, 4) is 0 Å². The lowest BCUT2D eigenvalue weighted by Gasteiger charge is -2.19. The predicted molar refractivity (Wildman–Crippen MR) is 302 cm³/mol. The van der Waals surface area contributed by atoms with Crippen LogP contribution in [0, 0.1) is 0 Å². The van der Waals surface area contributed by atoms with Gasteiger partial charge >= 0.3 is 19.8 Å². The Labute approximate surface area is 435 Å². The smallest absolute Gasteiger partial charge is 0.462 e. The molecule has 0 aliphatic carbocycles. The second kappa shape index (κ2) is 56.0. The average Bonchev–Trinajstić information content (AvgIpc) is 3.36. The normalized spacial score (nSPS) is 13.9. The van der Waals surface area contributed by atoms with E-state index < -0.39 is 32.5 Å². The Balaban J connectivity index is 3.86. The number of phosphoric acid groups is 1. The standard InChI is InChI=1S/C61H104NO8P/c1-3-5-7-9-11-13-15-17-18-19-20-21-22-23-24-25-26-27-28-29-30-31-32-33-34-35-36-37-38-39-40-42-44-46-48-50-52-54-61(64)70-59(58-69-71(65,66)68-56-55-62)57-67-60(63)53-51-49-47-45-43-41-16-14-12-10-8-6-4-2/h5-8,11-14,17-18,20-21,23-24,41,43,47,49,59H,3-4,9-10,15-16,19,22,25-40,42,44-46,48,50-58,62H2,1-2H3,(H,65,66)/b7-5-,8-6-,13-11-,14-12-,18-17-,21-20-,24-23-,43-41-,49-47-. The topological polar surface area (TPSA) is 134 Å². The second-order valence-electron chi connectivity index (χ2n) is 18.4. The number of allylic oxidation sites excluding steroid dienone is 18. The van der Waals surface area contributed by atoms with Crippen molar-refractivity contribution in [2.75, 3.05) is 26.4 Å². The summed E-state index contributed by atoms with van der Waals surface area (Å²) in [5, 5.41) is 0. The zero-order valence-corrected chi connectivity index (χ0v) is 46.1. The molecule has 71 heavy (non-hydrogen) atoms. The molecule has 0 heterocycles. The summed E-state index contributed by atoms with van der Waals surface area (Å²) in [6.07, 6.45) is 76.2. The van der Waals surface area contributed by atoms with E-state index in [0.717, 1.165) is 77.0 Å². The SMILES string of the molecule is CC/C=C\C/C=C\C/C=C\C/C=C\C/C=C\CCCCCCCCCCCCCCCCCCCCCCCC(=O)OC(COC(=O)CC/C=C\C/C=C\C/C=C\C/C=C\CC)COP(=O)(O)OCCN. The summed E-state index contributed by atoms with van der Waals surface area (Å²) < 4.78 is 32.8. The van der Waals surface area contributed by atoms with Gasteiger partial charge in [0.15, 0.2) is 6.10 Å². The summed E-state index contributed by atoms with van der Waals surface area (Å²) in [5.74, 6) is -0.923. The van der Waals surface area contributed by atoms with E-state index in [0.29, 0.717) is 12.8 Å². The molecular weight excluding hydrogens is 906 g/mol. The van der Waals surface area contributed by atoms with Gasteiger partial charge in [-0.25, -0.2) is 4.57 Å². The summed E-state index contributed by atoms with van der Waals surface area (Å²) in [5.41, 5.74) is 5.36. The van der Waals surface area contributed by atoms with E-state index in [2.05, 4.69) is 111 Å². The number of ether oxygens (including phenoxy) is 2. The van der Waals surface area contributed by atoms with Gasteiger partial charge in [0.05, 0.1) is 13.2 Å². The first kappa shape index (κ1) is 67.7. The summed E-state index contributed by atoms with van der Waals surface area (Å²) in [4.78, 5) is 35.0. The number of esters is 2. The molecule has 0 saturated heterocycles. The molecule has 10 heteroatoms. The fourth-order valence-electron chi connectivity index (χ4n) is 7.56. The largest absolute Gasteiger partial charge is 0.472 e. The first-order valence-corrected chi connectivity index (χ1v) is 29.9. The number of phosphoric ester groups is 1. The van der Waals surface area contributed by atoms with Crippen LogP contribution in [0.4, 0.5) is 0 Å². The third-order valence-corrected chi connectivity index (χ3v) is 12.7. The van der Waals surface area contributed by atoms with Crippen LogP contribution in [0.1, 0.15) is 232 Å². The Morgan fingerprint density at radius 2 is 0.761 bits per heavy atom. The van der Waals surface area contributed by atoms with Gasteiger partial charge < -0.3 is 20.1 Å². The molecule has 0 rings (SSSR count). The van der Waals surface area contributed by atoms with E-state index in [1.807, 2.05) is 12.2 Å². The van der Waals surface area contributed by atoms with Crippen molar-refractivity contribution in [2.45, 2.75) is 238 Å². The summed E-state index contributed by atoms with van der Waals surface area (Å²) in [6.45, 7) is 3.42. The second-order valence-corrected chi connectivity index (χ2v) is 19.8. The summed E-state index contributed by atoms with van der Waals surface area (Å²) in [6, 6.07) is 0. The number of carbonyl (C=O) groups is 2. The van der Waals surface area contributed by atoms with Crippen LogP contribution in [0.3, 0.4) is 0 Å². The predicted octanol–water partition coefficient (Wildman–Crippen LogP) is 17.8. The Kier molecular flexibility index (Phi) is 53.3. The van der Waals surface area contributed by atoms with E-state index in [9.17, 15) is 19.0 Å². The molecule has 3 N–H and O–H groups in total. The lowest BCUT2D eigenvalue weighted by molar-refractivity contribution is -0.161. The van der Waals surface area contributed by atoms with Crippen LogP contribution in [-0.2, 0) is 32.7 Å². The van der Waals surface area contributed by atoms with Crippen molar-refractivity contribution >= 4 is 19.8 Å². The van der Waals surface area contributed by atoms with Gasteiger partial charge in [-0.05, 0) is 83.5 Å². The number of unbranched alkanes of at least 4 members (excludes halogenated alkanes) is 21. The number of nitrogens with two attached hydrogens (primary N) is 1. The van der Waals surface area contributed by atoms with Crippen LogP contribution in [0.5, 0.6) is 0 Å². The molecule has 0 aromatic rings. The molecule has 0 amide bonds. The van der Waals surface area contributed by atoms with Gasteiger partial charge in [0, 0.05) is 19.4 Å². The van der Waals surface area contributed by atoms with Crippen LogP contribution in [-0.4, -0.2) is 49.3 Å². The molecule has 9 nitrogen and oxygen atoms in total. The molecule has 0 aliphatic heterocycles. The Morgan fingerprint density at radius 3 is 1.14 bits per heavy atom. The number of hydrogen-bond acceptors (Lipinski definition) is 8. The van der Waals surface area contributed by atoms with Crippen LogP contribution < -0.4 is 5.73 Å². The van der Waals surface area contributed by atoms with E-state index in [4.69, 9.17) is 24.3 Å². The molecule has 0 bridgehead atoms. The summed E-state index contributed by atoms with van der Waals surface area (Å²) >= 11 is 0. The van der Waals surface area contributed by atoms with Gasteiger partial charge in [0.1, 0.15) is 6.61 Å². The maximum atomic E-state index is 12.7. The Hall–Kier alpha value is -3.33. The molecule has 0 aliphatic rings. The number of rotatable bonds is 52. The molecule has 406 valence electrons. The van der Waals surface area contributed by atoms with Crippen molar-refractivity contribution in [2.24, 2.45) is 5.73 Å². The third-order valence-electron chi connectivity index (χ3n) is 11.7. The van der Waals surface area contributed by atoms with Gasteiger partial charge in [-0.2, -0.15) is 0 Å². The maximum absolute atomic E-state index is 12.7. The molecule has 2 atom stereocenters. The van der Waals surface area contributed by atoms with Gasteiger partial charge in [-0.1, -0.05) is 245 Å². The van der Waals surface area contributed by atoms with Crippen LogP contribution >= 0.6 is 7.82 Å². The maximum Gasteiger partial charge on any atom is 0.472 e. The molecule has 0 spiro atoms. The zero-order chi connectivity index (χ0) is 51.7. The van der Waals surface area contributed by atoms with Gasteiger partial charge in [0.2, 0.25) is 0 Å². The number of carbonyl (C=O) groups excluding carboxylic acids is 2. The van der Waals surface area contributed by atoms with Crippen molar-refractivity contribution in [3.63, 3.8) is 0 Å². The Morgan fingerprint density at radius 1 is 0.423 bits per heavy atom. The molecule has 0 aromatic carbocycles. The highest BCUT2D eigenvalue weighted by atomic mass is 31.2. The molecule has 0 aromatic heterocycles. The van der Waals surface area contributed by atoms with E-state index in [1.165, 1.54) is 116 Å². The molecular formula is C61H104NO8P. The van der Waals surface area contributed by atoms with E-state index >= 15 is 0 Å². The molecule has 0 fully saturated rings. The highest BCUT2D eigenvalue weighted by Crippen LogP contribution is 2.43. The average molecular weight is 1010 g/mol. The summed E-state index contributed by atoms with van der Waals surface area (Å²) in [7, 11) is -4.40. The third kappa shape index (κ3) is 55.8.